The van der Waals surface area contributed by atoms with Gasteiger partial charge < -0.3 is 19.0 Å². The van der Waals surface area contributed by atoms with E-state index in [4.69, 9.17) is 9.15 Å². The van der Waals surface area contributed by atoms with Gasteiger partial charge in [-0.05, 0) is 19.1 Å². The zero-order valence-corrected chi connectivity index (χ0v) is 13.4. The third-order valence-corrected chi connectivity index (χ3v) is 4.34. The molecule has 2 aliphatic rings. The van der Waals surface area contributed by atoms with Gasteiger partial charge in [0.2, 0.25) is 5.91 Å². The minimum absolute atomic E-state index is 0.0806. The van der Waals surface area contributed by atoms with E-state index >= 15 is 0 Å². The second-order valence-corrected chi connectivity index (χ2v) is 6.07. The van der Waals surface area contributed by atoms with Gasteiger partial charge in [0, 0.05) is 39.3 Å². The number of ether oxygens (including phenoxy) is 1. The molecule has 3 heterocycles. The van der Waals surface area contributed by atoms with E-state index in [1.54, 1.807) is 17.0 Å². The van der Waals surface area contributed by atoms with Crippen LogP contribution in [0.3, 0.4) is 0 Å². The zero-order valence-electron chi connectivity index (χ0n) is 13.4. The van der Waals surface area contributed by atoms with Gasteiger partial charge in [0.25, 0.3) is 5.91 Å². The van der Waals surface area contributed by atoms with Gasteiger partial charge in [-0.25, -0.2) is 0 Å². The SMILES string of the molecule is CC1CN(C(=O)CN2CCN(C(=O)c3ccco3)CC2)CCO1. The van der Waals surface area contributed by atoms with Crippen molar-refractivity contribution in [3.63, 3.8) is 0 Å². The molecule has 0 spiro atoms. The first-order chi connectivity index (χ1) is 11.1. The highest BCUT2D eigenvalue weighted by Gasteiger charge is 2.27. The average Bonchev–Trinajstić information content (AvgIpc) is 3.09. The van der Waals surface area contributed by atoms with Crippen molar-refractivity contribution in [2.75, 3.05) is 52.4 Å². The summed E-state index contributed by atoms with van der Waals surface area (Å²) in [6.07, 6.45) is 1.61. The number of piperazine rings is 1. The summed E-state index contributed by atoms with van der Waals surface area (Å²) in [5, 5.41) is 0. The normalized spacial score (nSPS) is 23.1. The Bertz CT molecular complexity index is 538. The van der Waals surface area contributed by atoms with Crippen molar-refractivity contribution < 1.29 is 18.7 Å². The largest absolute Gasteiger partial charge is 0.459 e. The van der Waals surface area contributed by atoms with E-state index in [1.165, 1.54) is 6.26 Å². The van der Waals surface area contributed by atoms with E-state index in [1.807, 2.05) is 11.8 Å². The van der Waals surface area contributed by atoms with Crippen molar-refractivity contribution in [1.29, 1.82) is 0 Å². The molecule has 126 valence electrons. The maximum Gasteiger partial charge on any atom is 0.289 e. The first-order valence-corrected chi connectivity index (χ1v) is 8.08. The van der Waals surface area contributed by atoms with E-state index < -0.39 is 0 Å². The topological polar surface area (TPSA) is 66.2 Å². The van der Waals surface area contributed by atoms with Crippen molar-refractivity contribution in [3.8, 4) is 0 Å². The van der Waals surface area contributed by atoms with E-state index in [2.05, 4.69) is 4.90 Å². The molecule has 1 atom stereocenters. The van der Waals surface area contributed by atoms with Crippen molar-refractivity contribution in [2.24, 2.45) is 0 Å². The summed E-state index contributed by atoms with van der Waals surface area (Å²) >= 11 is 0. The van der Waals surface area contributed by atoms with Crippen LogP contribution in [0.1, 0.15) is 17.5 Å². The Hall–Kier alpha value is -1.86. The van der Waals surface area contributed by atoms with Crippen LogP contribution in [0.4, 0.5) is 0 Å². The fourth-order valence-electron chi connectivity index (χ4n) is 3.00. The molecule has 0 bridgehead atoms. The first-order valence-electron chi connectivity index (χ1n) is 8.08. The van der Waals surface area contributed by atoms with Gasteiger partial charge in [-0.3, -0.25) is 14.5 Å². The third kappa shape index (κ3) is 3.92. The molecule has 2 fully saturated rings. The Morgan fingerprint density at radius 1 is 1.17 bits per heavy atom. The molecule has 1 aromatic heterocycles. The lowest BCUT2D eigenvalue weighted by Crippen LogP contribution is -2.53. The molecule has 2 amide bonds. The zero-order chi connectivity index (χ0) is 16.2. The van der Waals surface area contributed by atoms with Gasteiger partial charge in [-0.1, -0.05) is 0 Å². The van der Waals surface area contributed by atoms with Crippen molar-refractivity contribution in [1.82, 2.24) is 14.7 Å². The second kappa shape index (κ2) is 7.14. The highest BCUT2D eigenvalue weighted by Crippen LogP contribution is 2.10. The minimum atomic E-state index is -0.0806. The Morgan fingerprint density at radius 3 is 2.61 bits per heavy atom. The molecule has 7 nitrogen and oxygen atoms in total. The molecular weight excluding hydrogens is 298 g/mol. The third-order valence-electron chi connectivity index (χ3n) is 4.34. The number of amides is 2. The molecule has 0 aliphatic carbocycles. The highest BCUT2D eigenvalue weighted by molar-refractivity contribution is 5.91. The summed E-state index contributed by atoms with van der Waals surface area (Å²) in [7, 11) is 0. The fourth-order valence-corrected chi connectivity index (χ4v) is 3.00. The molecule has 1 aromatic rings. The monoisotopic (exact) mass is 321 g/mol. The summed E-state index contributed by atoms with van der Waals surface area (Å²) in [5.41, 5.74) is 0. The maximum absolute atomic E-state index is 12.3. The molecule has 2 aliphatic heterocycles. The molecule has 0 radical (unpaired) electrons. The highest BCUT2D eigenvalue weighted by atomic mass is 16.5. The fraction of sp³-hybridized carbons (Fsp3) is 0.625. The Morgan fingerprint density at radius 2 is 1.96 bits per heavy atom. The lowest BCUT2D eigenvalue weighted by atomic mass is 10.2. The Labute approximate surface area is 135 Å². The van der Waals surface area contributed by atoms with Crippen molar-refractivity contribution in [3.05, 3.63) is 24.2 Å². The van der Waals surface area contributed by atoms with Crippen LogP contribution in [0.2, 0.25) is 0 Å². The van der Waals surface area contributed by atoms with Crippen LogP contribution < -0.4 is 0 Å². The van der Waals surface area contributed by atoms with Crippen LogP contribution in [0.15, 0.2) is 22.8 Å². The molecule has 0 saturated carbocycles. The molecule has 0 N–H and O–H groups in total. The van der Waals surface area contributed by atoms with Gasteiger partial charge >= 0.3 is 0 Å². The van der Waals surface area contributed by atoms with E-state index in [9.17, 15) is 9.59 Å². The number of furan rings is 1. The molecule has 3 rings (SSSR count). The molecule has 23 heavy (non-hydrogen) atoms. The predicted octanol–water partition coefficient (Wildman–Crippen LogP) is 0.285. The number of hydrogen-bond acceptors (Lipinski definition) is 5. The number of hydrogen-bond donors (Lipinski definition) is 0. The van der Waals surface area contributed by atoms with Crippen LogP contribution in [0, 0.1) is 0 Å². The van der Waals surface area contributed by atoms with Crippen LogP contribution >= 0.6 is 0 Å². The Balaban J connectivity index is 1.45. The molecule has 1 unspecified atom stereocenters. The number of nitrogens with zero attached hydrogens (tertiary/aromatic N) is 3. The average molecular weight is 321 g/mol. The number of carbonyl (C=O) groups excluding carboxylic acids is 2. The summed E-state index contributed by atoms with van der Waals surface area (Å²) < 4.78 is 10.6. The summed E-state index contributed by atoms with van der Waals surface area (Å²) in [6.45, 7) is 6.98. The summed E-state index contributed by atoms with van der Waals surface area (Å²) in [4.78, 5) is 30.3. The summed E-state index contributed by atoms with van der Waals surface area (Å²) in [6, 6.07) is 3.39. The lowest BCUT2D eigenvalue weighted by Gasteiger charge is -2.36. The lowest BCUT2D eigenvalue weighted by molar-refractivity contribution is -0.139. The number of carbonyl (C=O) groups is 2. The van der Waals surface area contributed by atoms with Gasteiger partial charge in [-0.15, -0.1) is 0 Å². The van der Waals surface area contributed by atoms with Gasteiger partial charge in [-0.2, -0.15) is 0 Å². The second-order valence-electron chi connectivity index (χ2n) is 6.07. The molecule has 0 aromatic carbocycles. The van der Waals surface area contributed by atoms with Crippen LogP contribution in [-0.2, 0) is 9.53 Å². The summed E-state index contributed by atoms with van der Waals surface area (Å²) in [5.74, 6) is 0.436. The minimum Gasteiger partial charge on any atom is -0.459 e. The predicted molar refractivity (Wildman–Crippen MR) is 83.0 cm³/mol. The van der Waals surface area contributed by atoms with Crippen LogP contribution in [-0.4, -0.2) is 85.0 Å². The van der Waals surface area contributed by atoms with E-state index in [-0.39, 0.29) is 17.9 Å². The van der Waals surface area contributed by atoms with E-state index in [0.29, 0.717) is 58.2 Å². The Kier molecular flexibility index (Phi) is 4.97. The molecular formula is C16H23N3O4. The number of rotatable bonds is 3. The first kappa shape index (κ1) is 16.0. The quantitative estimate of drug-likeness (QED) is 0.800. The smallest absolute Gasteiger partial charge is 0.289 e. The maximum atomic E-state index is 12.3. The van der Waals surface area contributed by atoms with Crippen molar-refractivity contribution >= 4 is 11.8 Å². The van der Waals surface area contributed by atoms with Gasteiger partial charge in [0.05, 0.1) is 25.5 Å². The van der Waals surface area contributed by atoms with Crippen LogP contribution in [0.5, 0.6) is 0 Å². The molecule has 7 heteroatoms. The standard InChI is InChI=1S/C16H23N3O4/c1-13-11-19(8-10-22-13)15(20)12-17-4-6-18(7-5-17)16(21)14-3-2-9-23-14/h2-3,9,13H,4-8,10-12H2,1H3. The van der Waals surface area contributed by atoms with Gasteiger partial charge in [0.15, 0.2) is 5.76 Å². The van der Waals surface area contributed by atoms with E-state index in [0.717, 1.165) is 0 Å². The van der Waals surface area contributed by atoms with Gasteiger partial charge in [0.1, 0.15) is 0 Å². The molecule has 2 saturated heterocycles. The van der Waals surface area contributed by atoms with Crippen LogP contribution in [0.25, 0.3) is 0 Å². The van der Waals surface area contributed by atoms with Crippen molar-refractivity contribution in [2.45, 2.75) is 13.0 Å². The number of morpholine rings is 1.